The van der Waals surface area contributed by atoms with E-state index in [1.807, 2.05) is 68.4 Å². The molecule has 3 rings (SSSR count). The second-order valence-corrected chi connectivity index (χ2v) is 11.5. The zero-order valence-electron chi connectivity index (χ0n) is 25.6. The fourth-order valence-corrected chi connectivity index (χ4v) is 5.00. The van der Waals surface area contributed by atoms with Crippen LogP contribution in [0.25, 0.3) is 0 Å². The minimum absolute atomic E-state index is 0.0120. The Hall–Kier alpha value is -3.63. The number of likely N-dealkylation sites (tertiary alicyclic amines) is 1. The smallest absolute Gasteiger partial charge is 0.318 e. The summed E-state index contributed by atoms with van der Waals surface area (Å²) in [6, 6.07) is 15.6. The van der Waals surface area contributed by atoms with Crippen molar-refractivity contribution in [1.29, 1.82) is 0 Å². The van der Waals surface area contributed by atoms with E-state index in [1.165, 1.54) is 0 Å². The van der Waals surface area contributed by atoms with Gasteiger partial charge in [-0.05, 0) is 48.4 Å². The maximum atomic E-state index is 13.6. The third-order valence-electron chi connectivity index (χ3n) is 7.35. The molecule has 0 saturated carbocycles. The lowest BCUT2D eigenvalue weighted by Crippen LogP contribution is -2.56. The number of carbonyl (C=O) groups is 3. The molecule has 1 aliphatic rings. The second kappa shape index (κ2) is 18.8. The van der Waals surface area contributed by atoms with Crippen LogP contribution in [0.1, 0.15) is 57.1 Å². The first-order valence-electron chi connectivity index (χ1n) is 15.6. The van der Waals surface area contributed by atoms with Crippen molar-refractivity contribution < 1.29 is 24.2 Å². The van der Waals surface area contributed by atoms with Gasteiger partial charge in [0.05, 0.1) is 6.61 Å². The summed E-state index contributed by atoms with van der Waals surface area (Å²) >= 11 is 0. The molecule has 1 heterocycles. The Balaban J connectivity index is 1.67. The zero-order chi connectivity index (χ0) is 30.9. The molecule has 0 aliphatic carbocycles. The third-order valence-corrected chi connectivity index (χ3v) is 7.35. The zero-order valence-corrected chi connectivity index (χ0v) is 25.6. The van der Waals surface area contributed by atoms with Crippen molar-refractivity contribution in [2.75, 3.05) is 39.3 Å². The van der Waals surface area contributed by atoms with Crippen molar-refractivity contribution in [1.82, 2.24) is 26.2 Å². The first-order valence-corrected chi connectivity index (χ1v) is 15.6. The predicted octanol–water partition coefficient (Wildman–Crippen LogP) is 2.99. The summed E-state index contributed by atoms with van der Waals surface area (Å²) in [5, 5.41) is 20.8. The fourth-order valence-electron chi connectivity index (χ4n) is 5.00. The average molecular weight is 596 g/mol. The van der Waals surface area contributed by atoms with E-state index in [4.69, 9.17) is 9.84 Å². The molecule has 2 atom stereocenters. The molecule has 10 heteroatoms. The van der Waals surface area contributed by atoms with Crippen LogP contribution < -0.4 is 26.0 Å². The molecule has 5 N–H and O–H groups in total. The molecule has 0 spiro atoms. The summed E-state index contributed by atoms with van der Waals surface area (Å²) in [6.07, 6.45) is 4.85. The van der Waals surface area contributed by atoms with Gasteiger partial charge in [-0.2, -0.15) is 0 Å². The van der Waals surface area contributed by atoms with Crippen molar-refractivity contribution in [3.63, 3.8) is 0 Å². The van der Waals surface area contributed by atoms with Gasteiger partial charge in [0.1, 0.15) is 24.4 Å². The average Bonchev–Trinajstić information content (AvgIpc) is 3.30. The Morgan fingerprint density at radius 1 is 0.814 bits per heavy atom. The Morgan fingerprint density at radius 2 is 1.51 bits per heavy atom. The lowest BCUT2D eigenvalue weighted by molar-refractivity contribution is -0.130. The Labute approximate surface area is 255 Å². The number of benzene rings is 2. The van der Waals surface area contributed by atoms with E-state index in [9.17, 15) is 14.4 Å². The van der Waals surface area contributed by atoms with Crippen LogP contribution in [0, 0.1) is 5.92 Å². The topological polar surface area (TPSA) is 132 Å². The lowest BCUT2D eigenvalue weighted by atomic mass is 10.0. The van der Waals surface area contributed by atoms with Gasteiger partial charge in [0.25, 0.3) is 0 Å². The van der Waals surface area contributed by atoms with Crippen LogP contribution in [-0.2, 0) is 22.6 Å². The normalized spacial score (nSPS) is 14.8. The standard InChI is InChI=1S/C33H49N5O5/c1-25(2)22-29(37-33(42)38-19-8-3-4-9-20-38)32(41)36-30(31(40)35-17-16-34-18-21-39)23-26-12-14-28(15-13-26)43-24-27-10-6-5-7-11-27/h5-7,10-15,25,29-30,34,39H,3-4,8-9,16-24H2,1-2H3,(H,35,40)(H,36,41)(H,37,42)/t29-,30-/m0/s1. The molecular formula is C33H49N5O5. The Bertz CT molecular complexity index is 1100. The highest BCUT2D eigenvalue weighted by Crippen LogP contribution is 2.16. The monoisotopic (exact) mass is 595 g/mol. The summed E-state index contributed by atoms with van der Waals surface area (Å²) in [5.41, 5.74) is 1.93. The number of nitrogens with one attached hydrogen (secondary N) is 4. The highest BCUT2D eigenvalue weighted by Gasteiger charge is 2.29. The van der Waals surface area contributed by atoms with Crippen LogP contribution in [0.4, 0.5) is 4.79 Å². The number of hydrogen-bond acceptors (Lipinski definition) is 6. The molecular weight excluding hydrogens is 546 g/mol. The molecule has 2 aromatic rings. The van der Waals surface area contributed by atoms with Crippen molar-refractivity contribution in [2.24, 2.45) is 5.92 Å². The van der Waals surface area contributed by atoms with Crippen molar-refractivity contribution >= 4 is 17.8 Å². The van der Waals surface area contributed by atoms with Crippen LogP contribution >= 0.6 is 0 Å². The fraction of sp³-hybridized carbons (Fsp3) is 0.545. The van der Waals surface area contributed by atoms with Crippen molar-refractivity contribution in [3.05, 3.63) is 65.7 Å². The maximum Gasteiger partial charge on any atom is 0.318 e. The van der Waals surface area contributed by atoms with E-state index in [-0.39, 0.29) is 36.8 Å². The predicted molar refractivity (Wildman–Crippen MR) is 168 cm³/mol. The van der Waals surface area contributed by atoms with Gasteiger partial charge in [0, 0.05) is 39.1 Å². The number of rotatable bonds is 16. The number of aliphatic hydroxyl groups excluding tert-OH is 1. The van der Waals surface area contributed by atoms with Crippen molar-refractivity contribution in [3.8, 4) is 5.75 Å². The number of ether oxygens (including phenoxy) is 1. The van der Waals surface area contributed by atoms with E-state index in [2.05, 4.69) is 21.3 Å². The Kier molecular flexibility index (Phi) is 14.8. The molecule has 43 heavy (non-hydrogen) atoms. The van der Waals surface area contributed by atoms with Gasteiger partial charge in [-0.25, -0.2) is 4.79 Å². The molecule has 0 unspecified atom stereocenters. The lowest BCUT2D eigenvalue weighted by Gasteiger charge is -2.27. The van der Waals surface area contributed by atoms with Crippen LogP contribution in [-0.4, -0.2) is 79.3 Å². The maximum absolute atomic E-state index is 13.6. The number of aliphatic hydroxyl groups is 1. The molecule has 1 saturated heterocycles. The van der Waals surface area contributed by atoms with Gasteiger partial charge in [-0.1, -0.05) is 69.2 Å². The van der Waals surface area contributed by atoms with Crippen LogP contribution in [0.3, 0.4) is 0 Å². The van der Waals surface area contributed by atoms with E-state index in [0.717, 1.165) is 36.8 Å². The van der Waals surface area contributed by atoms with E-state index >= 15 is 0 Å². The second-order valence-electron chi connectivity index (χ2n) is 11.5. The van der Waals surface area contributed by atoms with Gasteiger partial charge in [-0.15, -0.1) is 0 Å². The van der Waals surface area contributed by atoms with Crippen LogP contribution in [0.2, 0.25) is 0 Å². The van der Waals surface area contributed by atoms with Crippen molar-refractivity contribution in [2.45, 2.75) is 71.1 Å². The number of urea groups is 1. The number of carbonyl (C=O) groups excluding carboxylic acids is 3. The molecule has 10 nitrogen and oxygen atoms in total. The molecule has 1 aliphatic heterocycles. The van der Waals surface area contributed by atoms with E-state index in [0.29, 0.717) is 51.5 Å². The van der Waals surface area contributed by atoms with Gasteiger partial charge < -0.3 is 36.0 Å². The summed E-state index contributed by atoms with van der Waals surface area (Å²) < 4.78 is 5.89. The third kappa shape index (κ3) is 12.6. The van der Waals surface area contributed by atoms with Gasteiger partial charge in [-0.3, -0.25) is 9.59 Å². The summed E-state index contributed by atoms with van der Waals surface area (Å²) in [6.45, 7) is 7.10. The molecule has 1 fully saturated rings. The highest BCUT2D eigenvalue weighted by molar-refractivity contribution is 5.92. The summed E-state index contributed by atoms with van der Waals surface area (Å²) in [7, 11) is 0. The SMILES string of the molecule is CC(C)C[C@H](NC(=O)N1CCCCCC1)C(=O)N[C@@H](Cc1ccc(OCc2ccccc2)cc1)C(=O)NCCNCCO. The molecule has 0 radical (unpaired) electrons. The first kappa shape index (κ1) is 33.9. The number of nitrogens with zero attached hydrogens (tertiary/aromatic N) is 1. The number of hydrogen-bond donors (Lipinski definition) is 5. The Morgan fingerprint density at radius 3 is 2.16 bits per heavy atom. The largest absolute Gasteiger partial charge is 0.489 e. The van der Waals surface area contributed by atoms with Gasteiger partial charge >= 0.3 is 6.03 Å². The molecule has 236 valence electrons. The summed E-state index contributed by atoms with van der Waals surface area (Å²) in [5.74, 6) is 0.179. The highest BCUT2D eigenvalue weighted by atomic mass is 16.5. The van der Waals surface area contributed by atoms with Crippen LogP contribution in [0.15, 0.2) is 54.6 Å². The molecule has 0 bridgehead atoms. The first-order chi connectivity index (χ1) is 20.9. The minimum Gasteiger partial charge on any atom is -0.489 e. The van der Waals surface area contributed by atoms with E-state index in [1.54, 1.807) is 4.90 Å². The van der Waals surface area contributed by atoms with Gasteiger partial charge in [0.15, 0.2) is 0 Å². The van der Waals surface area contributed by atoms with Crippen LogP contribution in [0.5, 0.6) is 5.75 Å². The summed E-state index contributed by atoms with van der Waals surface area (Å²) in [4.78, 5) is 41.7. The van der Waals surface area contributed by atoms with Gasteiger partial charge in [0.2, 0.25) is 11.8 Å². The van der Waals surface area contributed by atoms with E-state index < -0.39 is 12.1 Å². The quantitative estimate of drug-likeness (QED) is 0.190. The minimum atomic E-state index is -0.842. The molecule has 4 amide bonds. The molecule has 2 aromatic carbocycles. The molecule has 0 aromatic heterocycles. The number of amides is 4.